The van der Waals surface area contributed by atoms with E-state index in [0.29, 0.717) is 36.6 Å². The normalized spacial score (nSPS) is 11.2. The van der Waals surface area contributed by atoms with Crippen LogP contribution in [-0.4, -0.2) is 41.2 Å². The Hall–Kier alpha value is -2.42. The molecule has 2 rings (SSSR count). The summed E-state index contributed by atoms with van der Waals surface area (Å²) in [6, 6.07) is 12.9. The van der Waals surface area contributed by atoms with Gasteiger partial charge < -0.3 is 14.8 Å². The maximum Gasteiger partial charge on any atom is 0.255 e. The van der Waals surface area contributed by atoms with Crippen molar-refractivity contribution in [2.45, 2.75) is 18.2 Å². The van der Waals surface area contributed by atoms with Crippen LogP contribution >= 0.6 is 0 Å². The first-order valence-electron chi connectivity index (χ1n) is 8.59. The molecule has 2 aromatic carbocycles. The van der Waals surface area contributed by atoms with Crippen LogP contribution in [0.15, 0.2) is 53.4 Å². The van der Waals surface area contributed by atoms with Gasteiger partial charge in [-0.2, -0.15) is 0 Å². The molecule has 1 amide bonds. The summed E-state index contributed by atoms with van der Waals surface area (Å²) in [7, 11) is -2.05. The van der Waals surface area contributed by atoms with Crippen molar-refractivity contribution in [1.29, 1.82) is 0 Å². The summed E-state index contributed by atoms with van der Waals surface area (Å²) in [4.78, 5) is 12.5. The van der Waals surface area contributed by atoms with Crippen LogP contribution in [0, 0.1) is 0 Å². The molecule has 0 aliphatic carbocycles. The van der Waals surface area contributed by atoms with Gasteiger partial charge in [-0.3, -0.25) is 4.79 Å². The van der Waals surface area contributed by atoms with Gasteiger partial charge in [0.15, 0.2) is 0 Å². The molecule has 0 heterocycles. The molecule has 7 nitrogen and oxygen atoms in total. The number of methoxy groups -OCH3 is 1. The summed E-state index contributed by atoms with van der Waals surface area (Å²) in [5.41, 5.74) is 0.903. The summed E-state index contributed by atoms with van der Waals surface area (Å²) >= 11 is 0. The Morgan fingerprint density at radius 2 is 1.78 bits per heavy atom. The zero-order chi connectivity index (χ0) is 19.7. The van der Waals surface area contributed by atoms with E-state index in [2.05, 4.69) is 10.0 Å². The van der Waals surface area contributed by atoms with Gasteiger partial charge in [-0.25, -0.2) is 13.1 Å². The van der Waals surface area contributed by atoms with Crippen LogP contribution in [-0.2, 0) is 14.8 Å². The van der Waals surface area contributed by atoms with Crippen molar-refractivity contribution in [1.82, 2.24) is 4.72 Å². The molecule has 27 heavy (non-hydrogen) atoms. The Labute approximate surface area is 159 Å². The Balaban J connectivity index is 2.05. The minimum atomic E-state index is -3.61. The molecule has 146 valence electrons. The second kappa shape index (κ2) is 10.1. The lowest BCUT2D eigenvalue weighted by Crippen LogP contribution is -2.25. The average molecular weight is 392 g/mol. The van der Waals surface area contributed by atoms with Crippen LogP contribution in [0.2, 0.25) is 0 Å². The van der Waals surface area contributed by atoms with E-state index in [1.54, 1.807) is 25.3 Å². The number of anilines is 1. The summed E-state index contributed by atoms with van der Waals surface area (Å²) in [5.74, 6) is 0.229. The quantitative estimate of drug-likeness (QED) is 0.606. The third-order valence-corrected chi connectivity index (χ3v) is 5.16. The van der Waals surface area contributed by atoms with Gasteiger partial charge in [0.2, 0.25) is 10.0 Å². The zero-order valence-electron chi connectivity index (χ0n) is 15.4. The summed E-state index contributed by atoms with van der Waals surface area (Å²) in [6.07, 6.45) is 0.579. The van der Waals surface area contributed by atoms with E-state index in [9.17, 15) is 13.2 Å². The van der Waals surface area contributed by atoms with Gasteiger partial charge in [0, 0.05) is 25.8 Å². The number of hydrogen-bond acceptors (Lipinski definition) is 5. The number of rotatable bonds is 10. The minimum Gasteiger partial charge on any atom is -0.492 e. The molecule has 2 N–H and O–H groups in total. The highest BCUT2D eigenvalue weighted by Gasteiger charge is 2.15. The Morgan fingerprint density at radius 3 is 2.44 bits per heavy atom. The van der Waals surface area contributed by atoms with Gasteiger partial charge in [-0.05, 0) is 49.7 Å². The molecule has 0 aliphatic heterocycles. The molecule has 0 aliphatic rings. The fourth-order valence-corrected chi connectivity index (χ4v) is 3.41. The first-order chi connectivity index (χ1) is 13.0. The van der Waals surface area contributed by atoms with E-state index in [1.807, 2.05) is 13.0 Å². The lowest BCUT2D eigenvalue weighted by molar-refractivity contribution is 0.102. The molecule has 0 unspecified atom stereocenters. The monoisotopic (exact) mass is 392 g/mol. The smallest absolute Gasteiger partial charge is 0.255 e. The number of benzene rings is 2. The van der Waals surface area contributed by atoms with Crippen LogP contribution in [0.4, 0.5) is 5.69 Å². The average Bonchev–Trinajstić information content (AvgIpc) is 2.67. The highest BCUT2D eigenvalue weighted by Crippen LogP contribution is 2.24. The molecule has 0 aromatic heterocycles. The van der Waals surface area contributed by atoms with E-state index in [4.69, 9.17) is 9.47 Å². The maximum absolute atomic E-state index is 12.4. The number of carbonyl (C=O) groups excluding carboxylic acids is 1. The number of carbonyl (C=O) groups is 1. The van der Waals surface area contributed by atoms with E-state index in [1.165, 1.54) is 24.3 Å². The summed E-state index contributed by atoms with van der Waals surface area (Å²) < 4.78 is 37.3. The van der Waals surface area contributed by atoms with E-state index in [-0.39, 0.29) is 17.3 Å². The van der Waals surface area contributed by atoms with Crippen LogP contribution in [0.25, 0.3) is 0 Å². The third kappa shape index (κ3) is 6.06. The predicted molar refractivity (Wildman–Crippen MR) is 104 cm³/mol. The van der Waals surface area contributed by atoms with Crippen molar-refractivity contribution in [2.24, 2.45) is 0 Å². The molecular weight excluding hydrogens is 368 g/mol. The molecule has 2 aromatic rings. The van der Waals surface area contributed by atoms with E-state index < -0.39 is 10.0 Å². The van der Waals surface area contributed by atoms with Crippen LogP contribution in [0.1, 0.15) is 23.7 Å². The minimum absolute atomic E-state index is 0.103. The van der Waals surface area contributed by atoms with Gasteiger partial charge in [0.05, 0.1) is 17.2 Å². The van der Waals surface area contributed by atoms with Crippen molar-refractivity contribution in [3.05, 3.63) is 54.1 Å². The van der Waals surface area contributed by atoms with Crippen molar-refractivity contribution >= 4 is 21.6 Å². The molecular formula is C19H24N2O5S. The number of ether oxygens (including phenoxy) is 2. The predicted octanol–water partition coefficient (Wildman–Crippen LogP) is 2.65. The van der Waals surface area contributed by atoms with Gasteiger partial charge in [-0.15, -0.1) is 0 Å². The second-order valence-corrected chi connectivity index (χ2v) is 7.42. The summed E-state index contributed by atoms with van der Waals surface area (Å²) in [5, 5.41) is 2.78. The Kier molecular flexibility index (Phi) is 7.78. The summed E-state index contributed by atoms with van der Waals surface area (Å²) in [6.45, 7) is 3.11. The molecule has 0 saturated heterocycles. The van der Waals surface area contributed by atoms with Gasteiger partial charge in [0.25, 0.3) is 5.91 Å². The molecule has 0 bridgehead atoms. The lowest BCUT2D eigenvalue weighted by Gasteiger charge is -2.11. The SMILES string of the molecule is CCOc1ccccc1NC(=O)c1ccc(S(=O)(=O)NCCCOC)cc1. The number of hydrogen-bond donors (Lipinski definition) is 2. The number of nitrogens with one attached hydrogen (secondary N) is 2. The third-order valence-electron chi connectivity index (χ3n) is 3.68. The largest absolute Gasteiger partial charge is 0.492 e. The Bertz CT molecular complexity index is 851. The highest BCUT2D eigenvalue weighted by atomic mass is 32.2. The molecule has 0 atom stereocenters. The standard InChI is InChI=1S/C19H24N2O5S/c1-3-26-18-8-5-4-7-17(18)21-19(22)15-9-11-16(12-10-15)27(23,24)20-13-6-14-25-2/h4-5,7-12,20H,3,6,13-14H2,1-2H3,(H,21,22). The Morgan fingerprint density at radius 1 is 1.07 bits per heavy atom. The van der Waals surface area contributed by atoms with Crippen molar-refractivity contribution in [3.8, 4) is 5.75 Å². The topological polar surface area (TPSA) is 93.7 Å². The van der Waals surface area contributed by atoms with E-state index >= 15 is 0 Å². The van der Waals surface area contributed by atoms with Gasteiger partial charge in [-0.1, -0.05) is 12.1 Å². The van der Waals surface area contributed by atoms with Crippen molar-refractivity contribution in [3.63, 3.8) is 0 Å². The van der Waals surface area contributed by atoms with E-state index in [0.717, 1.165) is 0 Å². The molecule has 0 spiro atoms. The van der Waals surface area contributed by atoms with Gasteiger partial charge in [0.1, 0.15) is 5.75 Å². The molecule has 0 saturated carbocycles. The van der Waals surface area contributed by atoms with Crippen LogP contribution in [0.5, 0.6) is 5.75 Å². The fraction of sp³-hybridized carbons (Fsp3) is 0.316. The highest BCUT2D eigenvalue weighted by molar-refractivity contribution is 7.89. The van der Waals surface area contributed by atoms with Crippen LogP contribution in [0.3, 0.4) is 0 Å². The maximum atomic E-state index is 12.4. The lowest BCUT2D eigenvalue weighted by atomic mass is 10.2. The first-order valence-corrected chi connectivity index (χ1v) is 10.1. The second-order valence-electron chi connectivity index (χ2n) is 5.65. The molecule has 0 fully saturated rings. The number of amides is 1. The molecule has 0 radical (unpaired) electrons. The number of sulfonamides is 1. The number of para-hydroxylation sites is 2. The van der Waals surface area contributed by atoms with Gasteiger partial charge >= 0.3 is 0 Å². The zero-order valence-corrected chi connectivity index (χ0v) is 16.2. The van der Waals surface area contributed by atoms with Crippen molar-refractivity contribution < 1.29 is 22.7 Å². The van der Waals surface area contributed by atoms with Crippen LogP contribution < -0.4 is 14.8 Å². The van der Waals surface area contributed by atoms with Crippen molar-refractivity contribution in [2.75, 3.05) is 32.2 Å². The fourth-order valence-electron chi connectivity index (χ4n) is 2.34. The first kappa shape index (κ1) is 20.9. The molecule has 8 heteroatoms.